The SMILES string of the molecule is CC1=NC(C#N)C(C#N)=NC(c2ccccc2)C1. The van der Waals surface area contributed by atoms with Crippen LogP contribution in [0.1, 0.15) is 24.9 Å². The number of rotatable bonds is 1. The monoisotopic (exact) mass is 236 g/mol. The van der Waals surface area contributed by atoms with E-state index < -0.39 is 6.04 Å². The summed E-state index contributed by atoms with van der Waals surface area (Å²) in [7, 11) is 0. The van der Waals surface area contributed by atoms with Crippen molar-refractivity contribution in [2.75, 3.05) is 0 Å². The molecule has 2 unspecified atom stereocenters. The van der Waals surface area contributed by atoms with Crippen LogP contribution in [0, 0.1) is 22.7 Å². The highest BCUT2D eigenvalue weighted by Gasteiger charge is 2.22. The third-order valence-electron chi connectivity index (χ3n) is 2.81. The number of benzene rings is 1. The highest BCUT2D eigenvalue weighted by atomic mass is 14.9. The van der Waals surface area contributed by atoms with Gasteiger partial charge in [0.15, 0.2) is 11.8 Å². The molecule has 2 atom stereocenters. The Labute approximate surface area is 106 Å². The molecule has 0 aliphatic carbocycles. The smallest absolute Gasteiger partial charge is 0.187 e. The van der Waals surface area contributed by atoms with Crippen LogP contribution >= 0.6 is 0 Å². The van der Waals surface area contributed by atoms with E-state index in [1.54, 1.807) is 0 Å². The first-order valence-electron chi connectivity index (χ1n) is 5.70. The molecule has 1 heterocycles. The van der Waals surface area contributed by atoms with E-state index >= 15 is 0 Å². The normalized spacial score (nSPS) is 23.1. The number of aliphatic imine (C=N–C) groups is 2. The largest absolute Gasteiger partial charge is 0.268 e. The van der Waals surface area contributed by atoms with Gasteiger partial charge in [0.05, 0.1) is 12.1 Å². The van der Waals surface area contributed by atoms with Gasteiger partial charge in [0.25, 0.3) is 0 Å². The van der Waals surface area contributed by atoms with Crippen molar-refractivity contribution in [1.82, 2.24) is 0 Å². The second-order valence-corrected chi connectivity index (χ2v) is 4.15. The van der Waals surface area contributed by atoms with Crippen LogP contribution in [-0.2, 0) is 0 Å². The van der Waals surface area contributed by atoms with E-state index in [4.69, 9.17) is 10.5 Å². The second kappa shape index (κ2) is 5.25. The van der Waals surface area contributed by atoms with Crippen molar-refractivity contribution in [3.8, 4) is 12.1 Å². The van der Waals surface area contributed by atoms with Crippen molar-refractivity contribution in [2.24, 2.45) is 9.98 Å². The number of hydrogen-bond donors (Lipinski definition) is 0. The topological polar surface area (TPSA) is 72.3 Å². The molecule has 0 radical (unpaired) electrons. The van der Waals surface area contributed by atoms with E-state index in [-0.39, 0.29) is 11.8 Å². The molecule has 4 heteroatoms. The molecule has 1 aromatic carbocycles. The van der Waals surface area contributed by atoms with Crippen LogP contribution in [0.25, 0.3) is 0 Å². The summed E-state index contributed by atoms with van der Waals surface area (Å²) in [6.45, 7) is 1.87. The molecular weight excluding hydrogens is 224 g/mol. The molecule has 0 amide bonds. The average Bonchev–Trinajstić information content (AvgIpc) is 2.58. The van der Waals surface area contributed by atoms with Crippen LogP contribution in [-0.4, -0.2) is 17.5 Å². The molecule has 0 aromatic heterocycles. The molecule has 2 rings (SSSR count). The Kier molecular flexibility index (Phi) is 3.50. The second-order valence-electron chi connectivity index (χ2n) is 4.15. The predicted molar refractivity (Wildman–Crippen MR) is 69.4 cm³/mol. The summed E-state index contributed by atoms with van der Waals surface area (Å²) >= 11 is 0. The quantitative estimate of drug-likeness (QED) is 0.751. The van der Waals surface area contributed by atoms with Gasteiger partial charge in [0.2, 0.25) is 0 Å². The minimum Gasteiger partial charge on any atom is -0.268 e. The summed E-state index contributed by atoms with van der Waals surface area (Å²) in [5.74, 6) is 0. The zero-order chi connectivity index (χ0) is 13.0. The van der Waals surface area contributed by atoms with Gasteiger partial charge < -0.3 is 0 Å². The minimum atomic E-state index is -0.760. The van der Waals surface area contributed by atoms with Gasteiger partial charge in [0, 0.05) is 12.1 Å². The van der Waals surface area contributed by atoms with Gasteiger partial charge in [-0.05, 0) is 12.5 Å². The van der Waals surface area contributed by atoms with E-state index in [0.717, 1.165) is 11.3 Å². The maximum atomic E-state index is 9.07. The van der Waals surface area contributed by atoms with Crippen molar-refractivity contribution in [3.63, 3.8) is 0 Å². The van der Waals surface area contributed by atoms with Crippen molar-refractivity contribution in [3.05, 3.63) is 35.9 Å². The van der Waals surface area contributed by atoms with Gasteiger partial charge in [-0.1, -0.05) is 30.3 Å². The third kappa shape index (κ3) is 2.44. The van der Waals surface area contributed by atoms with Gasteiger partial charge in [-0.2, -0.15) is 10.5 Å². The third-order valence-corrected chi connectivity index (χ3v) is 2.81. The van der Waals surface area contributed by atoms with Crippen LogP contribution in [0.4, 0.5) is 0 Å². The van der Waals surface area contributed by atoms with Gasteiger partial charge in [0.1, 0.15) is 6.07 Å². The van der Waals surface area contributed by atoms with Crippen LogP contribution in [0.15, 0.2) is 40.3 Å². The lowest BCUT2D eigenvalue weighted by atomic mass is 10.0. The fourth-order valence-corrected chi connectivity index (χ4v) is 1.95. The Balaban J connectivity index is 2.43. The Morgan fingerprint density at radius 2 is 1.89 bits per heavy atom. The van der Waals surface area contributed by atoms with Crippen molar-refractivity contribution in [1.29, 1.82) is 10.5 Å². The van der Waals surface area contributed by atoms with E-state index in [1.807, 2.05) is 49.4 Å². The first-order chi connectivity index (χ1) is 8.74. The molecule has 0 N–H and O–H groups in total. The molecule has 0 spiro atoms. The van der Waals surface area contributed by atoms with Gasteiger partial charge in [-0.15, -0.1) is 0 Å². The highest BCUT2D eigenvalue weighted by molar-refractivity contribution is 6.06. The van der Waals surface area contributed by atoms with E-state index in [2.05, 4.69) is 9.98 Å². The maximum absolute atomic E-state index is 9.07. The number of nitrogens with zero attached hydrogens (tertiary/aromatic N) is 4. The molecule has 1 aliphatic rings. The lowest BCUT2D eigenvalue weighted by Crippen LogP contribution is -2.14. The van der Waals surface area contributed by atoms with Crippen LogP contribution in [0.2, 0.25) is 0 Å². The Morgan fingerprint density at radius 3 is 2.50 bits per heavy atom. The summed E-state index contributed by atoms with van der Waals surface area (Å²) in [5, 5.41) is 18.1. The maximum Gasteiger partial charge on any atom is 0.187 e. The zero-order valence-corrected chi connectivity index (χ0v) is 10.0. The summed E-state index contributed by atoms with van der Waals surface area (Å²) in [6.07, 6.45) is 0.646. The van der Waals surface area contributed by atoms with Gasteiger partial charge in [-0.25, -0.2) is 0 Å². The molecule has 0 bridgehead atoms. The molecule has 88 valence electrons. The van der Waals surface area contributed by atoms with Gasteiger partial charge >= 0.3 is 0 Å². The fraction of sp³-hybridized carbons (Fsp3) is 0.286. The summed E-state index contributed by atoms with van der Waals surface area (Å²) < 4.78 is 0. The van der Waals surface area contributed by atoms with E-state index in [0.29, 0.717) is 6.42 Å². The molecule has 18 heavy (non-hydrogen) atoms. The van der Waals surface area contributed by atoms with Crippen LogP contribution in [0.5, 0.6) is 0 Å². The fourth-order valence-electron chi connectivity index (χ4n) is 1.95. The Bertz CT molecular complexity index is 572. The van der Waals surface area contributed by atoms with Crippen molar-refractivity contribution < 1.29 is 0 Å². The first kappa shape index (κ1) is 12.0. The van der Waals surface area contributed by atoms with Crippen LogP contribution < -0.4 is 0 Å². The summed E-state index contributed by atoms with van der Waals surface area (Å²) in [6, 6.07) is 12.9. The minimum absolute atomic E-state index is 0.122. The molecule has 1 aliphatic heterocycles. The molecule has 0 saturated heterocycles. The molecular formula is C14H12N4. The average molecular weight is 236 g/mol. The molecule has 4 nitrogen and oxygen atoms in total. The number of hydrogen-bond acceptors (Lipinski definition) is 4. The summed E-state index contributed by atoms with van der Waals surface area (Å²) in [4.78, 5) is 8.61. The Morgan fingerprint density at radius 1 is 1.17 bits per heavy atom. The number of nitriles is 2. The van der Waals surface area contributed by atoms with E-state index in [9.17, 15) is 0 Å². The molecule has 1 aromatic rings. The predicted octanol–water partition coefficient (Wildman–Crippen LogP) is 2.45. The van der Waals surface area contributed by atoms with Crippen molar-refractivity contribution >= 4 is 11.4 Å². The van der Waals surface area contributed by atoms with E-state index in [1.165, 1.54) is 0 Å². The standard InChI is InChI=1S/C14H12N4/c1-10-7-12(11-5-3-2-4-6-11)18-14(9-16)13(8-15)17-10/h2-6,12-13H,7H2,1H3. The van der Waals surface area contributed by atoms with Crippen molar-refractivity contribution in [2.45, 2.75) is 25.4 Å². The molecule has 0 saturated carbocycles. The van der Waals surface area contributed by atoms with Crippen LogP contribution in [0.3, 0.4) is 0 Å². The van der Waals surface area contributed by atoms with Gasteiger partial charge in [-0.3, -0.25) is 9.98 Å². The lowest BCUT2D eigenvalue weighted by molar-refractivity contribution is 0.769. The lowest BCUT2D eigenvalue weighted by Gasteiger charge is -2.10. The first-order valence-corrected chi connectivity index (χ1v) is 5.70. The zero-order valence-electron chi connectivity index (χ0n) is 10.0. The summed E-state index contributed by atoms with van der Waals surface area (Å²) in [5.41, 5.74) is 2.09. The molecule has 0 fully saturated rings. The Hall–Kier alpha value is -2.46. The highest BCUT2D eigenvalue weighted by Crippen LogP contribution is 2.24.